The molecule has 1 aromatic heterocycles. The van der Waals surface area contributed by atoms with E-state index in [9.17, 15) is 19.6 Å². The van der Waals surface area contributed by atoms with E-state index in [0.29, 0.717) is 0 Å². The fourth-order valence-electron chi connectivity index (χ4n) is 1.03. The van der Waals surface area contributed by atoms with Crippen molar-refractivity contribution in [3.05, 3.63) is 22.6 Å². The minimum absolute atomic E-state index is 0.276. The molecule has 2 unspecified atom stereocenters. The summed E-state index contributed by atoms with van der Waals surface area (Å²) in [6.07, 6.45) is -0.809. The van der Waals surface area contributed by atoms with Crippen LogP contribution in [0, 0.1) is 10.1 Å². The molecule has 0 aromatic carbocycles. The molecular weight excluding hydrogens is 208 g/mol. The molecule has 0 radical (unpaired) electrons. The predicted octanol–water partition coefficient (Wildman–Crippen LogP) is -0.517. The van der Waals surface area contributed by atoms with E-state index in [1.807, 2.05) is 0 Å². The Bertz CT molecular complexity index is 343. The maximum atomic E-state index is 12.0. The molecule has 0 aliphatic carbocycles. The Balaban J connectivity index is 2.72. The first kappa shape index (κ1) is 11.5. The van der Waals surface area contributed by atoms with Crippen molar-refractivity contribution < 1.29 is 19.5 Å². The topological polar surface area (TPSA) is 101 Å². The molecular formula is C7H10FN3O4. The van der Waals surface area contributed by atoms with Gasteiger partial charge in [0.1, 0.15) is 31.6 Å². The lowest BCUT2D eigenvalue weighted by Crippen LogP contribution is -2.32. The molecule has 2 atom stereocenters. The monoisotopic (exact) mass is 218 g/mol. The summed E-state index contributed by atoms with van der Waals surface area (Å²) in [4.78, 5) is 13.3. The smallest absolute Gasteiger partial charge is 0.342 e. The highest BCUT2D eigenvalue weighted by molar-refractivity contribution is 5.14. The van der Waals surface area contributed by atoms with Crippen molar-refractivity contribution in [2.24, 2.45) is 0 Å². The maximum absolute atomic E-state index is 12.0. The van der Waals surface area contributed by atoms with Crippen LogP contribution in [0.2, 0.25) is 0 Å². The van der Waals surface area contributed by atoms with Gasteiger partial charge in [0.25, 0.3) is 0 Å². The molecule has 2 N–H and O–H groups in total. The lowest BCUT2D eigenvalue weighted by molar-refractivity contribution is -0.392. The summed E-state index contributed by atoms with van der Waals surface area (Å²) in [5.41, 5.74) is 0. The zero-order chi connectivity index (χ0) is 11.4. The number of halogens is 1. The first-order valence-electron chi connectivity index (χ1n) is 4.13. The van der Waals surface area contributed by atoms with Crippen LogP contribution in [0.25, 0.3) is 0 Å². The van der Waals surface area contributed by atoms with Crippen molar-refractivity contribution in [1.29, 1.82) is 0 Å². The number of imidazole rings is 1. The average molecular weight is 218 g/mol. The van der Waals surface area contributed by atoms with Crippen LogP contribution in [0.5, 0.6) is 0 Å². The van der Waals surface area contributed by atoms with Crippen molar-refractivity contribution in [1.82, 2.24) is 9.55 Å². The van der Waals surface area contributed by atoms with Gasteiger partial charge < -0.3 is 20.3 Å². The quantitative estimate of drug-likeness (QED) is 0.511. The predicted molar refractivity (Wildman–Crippen MR) is 46.9 cm³/mol. The Hall–Kier alpha value is -1.54. The maximum Gasteiger partial charge on any atom is 0.342 e. The van der Waals surface area contributed by atoms with Crippen LogP contribution in [-0.2, 0) is 6.54 Å². The lowest BCUT2D eigenvalue weighted by Gasteiger charge is -2.12. The molecule has 7 nitrogen and oxygen atoms in total. The van der Waals surface area contributed by atoms with E-state index in [4.69, 9.17) is 5.11 Å². The third-order valence-electron chi connectivity index (χ3n) is 1.86. The zero-order valence-electron chi connectivity index (χ0n) is 7.65. The van der Waals surface area contributed by atoms with E-state index >= 15 is 0 Å². The number of nitro groups is 1. The first-order chi connectivity index (χ1) is 7.06. The second-order valence-corrected chi connectivity index (χ2v) is 2.95. The Morgan fingerprint density at radius 3 is 2.80 bits per heavy atom. The molecule has 0 spiro atoms. The van der Waals surface area contributed by atoms with E-state index in [1.54, 1.807) is 0 Å². The van der Waals surface area contributed by atoms with Crippen molar-refractivity contribution in [2.45, 2.75) is 18.8 Å². The molecule has 0 bridgehead atoms. The summed E-state index contributed by atoms with van der Waals surface area (Å²) in [6, 6.07) is 0. The molecule has 8 heteroatoms. The Labute approximate surface area is 83.9 Å². The average Bonchev–Trinajstić information content (AvgIpc) is 2.64. The summed E-state index contributed by atoms with van der Waals surface area (Å²) >= 11 is 0. The van der Waals surface area contributed by atoms with Crippen LogP contribution >= 0.6 is 0 Å². The number of hydrogen-bond acceptors (Lipinski definition) is 5. The normalized spacial score (nSPS) is 14.9. The molecule has 1 aromatic rings. The Kier molecular flexibility index (Phi) is 3.69. The lowest BCUT2D eigenvalue weighted by atomic mass is 10.2. The van der Waals surface area contributed by atoms with Crippen LogP contribution < -0.4 is 0 Å². The molecule has 0 saturated carbocycles. The summed E-state index contributed by atoms with van der Waals surface area (Å²) in [5.74, 6) is -0.319. The van der Waals surface area contributed by atoms with Crippen LogP contribution in [-0.4, -0.2) is 43.6 Å². The van der Waals surface area contributed by atoms with Gasteiger partial charge in [-0.15, -0.1) is 0 Å². The van der Waals surface area contributed by atoms with Gasteiger partial charge in [-0.2, -0.15) is 0 Å². The van der Waals surface area contributed by atoms with Gasteiger partial charge in [0.2, 0.25) is 0 Å². The molecule has 1 rings (SSSR count). The zero-order valence-corrected chi connectivity index (χ0v) is 7.65. The number of aromatic nitrogens is 2. The number of rotatable bonds is 5. The van der Waals surface area contributed by atoms with E-state index in [1.165, 1.54) is 0 Å². The third kappa shape index (κ3) is 2.70. The van der Waals surface area contributed by atoms with Crippen LogP contribution in [0.1, 0.15) is 0 Å². The standard InChI is InChI=1S/C7H10FN3O4/c8-1-5(12)6(13)3-10-4-9-2-7(10)11(14)15/h2,4-6,12-13H,1,3H2/i8-1. The minimum Gasteiger partial charge on any atom is -0.388 e. The number of aliphatic hydroxyl groups excluding tert-OH is 2. The number of aliphatic hydroxyl groups is 2. The molecule has 0 aliphatic heterocycles. The van der Waals surface area contributed by atoms with Crippen LogP contribution in [0.15, 0.2) is 12.5 Å². The van der Waals surface area contributed by atoms with E-state index in [2.05, 4.69) is 4.98 Å². The summed E-state index contributed by atoms with van der Waals surface area (Å²) < 4.78 is 13.0. The molecule has 0 aliphatic rings. The Morgan fingerprint density at radius 1 is 1.60 bits per heavy atom. The van der Waals surface area contributed by atoms with Gasteiger partial charge in [0.05, 0.1) is 0 Å². The third-order valence-corrected chi connectivity index (χ3v) is 1.86. The minimum atomic E-state index is -1.55. The van der Waals surface area contributed by atoms with E-state index < -0.39 is 23.8 Å². The fraction of sp³-hybridized carbons (Fsp3) is 0.571. The number of nitrogens with zero attached hydrogens (tertiary/aromatic N) is 3. The molecule has 84 valence electrons. The highest BCUT2D eigenvalue weighted by atomic mass is 18.2. The van der Waals surface area contributed by atoms with Gasteiger partial charge in [-0.25, -0.2) is 13.9 Å². The SMILES string of the molecule is O=[N+]([O-])c1cncn1CC(O)C(O)C[18F]. The summed E-state index contributed by atoms with van der Waals surface area (Å²) in [6.45, 7) is -1.38. The molecule has 0 saturated heterocycles. The van der Waals surface area contributed by atoms with Gasteiger partial charge >= 0.3 is 5.82 Å². The second-order valence-electron chi connectivity index (χ2n) is 2.95. The van der Waals surface area contributed by atoms with E-state index in [-0.39, 0.29) is 12.4 Å². The summed E-state index contributed by atoms with van der Waals surface area (Å²) in [5, 5.41) is 28.6. The largest absolute Gasteiger partial charge is 0.388 e. The van der Waals surface area contributed by atoms with E-state index in [0.717, 1.165) is 17.1 Å². The highest BCUT2D eigenvalue weighted by Crippen LogP contribution is 2.11. The molecule has 0 amide bonds. The van der Waals surface area contributed by atoms with Gasteiger partial charge in [-0.3, -0.25) is 0 Å². The van der Waals surface area contributed by atoms with Gasteiger partial charge in [0.15, 0.2) is 6.33 Å². The highest BCUT2D eigenvalue weighted by Gasteiger charge is 2.22. The first-order valence-corrected chi connectivity index (χ1v) is 4.13. The van der Waals surface area contributed by atoms with Crippen molar-refractivity contribution >= 4 is 5.82 Å². The number of hydrogen-bond donors (Lipinski definition) is 2. The number of alkyl halides is 1. The molecule has 15 heavy (non-hydrogen) atoms. The van der Waals surface area contributed by atoms with Gasteiger partial charge in [-0.05, 0) is 4.92 Å². The van der Waals surface area contributed by atoms with Crippen LogP contribution in [0.4, 0.5) is 10.2 Å². The Morgan fingerprint density at radius 2 is 2.27 bits per heavy atom. The van der Waals surface area contributed by atoms with Crippen molar-refractivity contribution in [2.75, 3.05) is 6.67 Å². The van der Waals surface area contributed by atoms with Crippen molar-refractivity contribution in [3.8, 4) is 0 Å². The van der Waals surface area contributed by atoms with Crippen LogP contribution in [0.3, 0.4) is 0 Å². The van der Waals surface area contributed by atoms with Gasteiger partial charge in [-0.1, -0.05) is 0 Å². The molecule has 0 fully saturated rings. The van der Waals surface area contributed by atoms with Crippen molar-refractivity contribution in [3.63, 3.8) is 0 Å². The second kappa shape index (κ2) is 4.80. The van der Waals surface area contributed by atoms with Gasteiger partial charge in [0, 0.05) is 0 Å². The fourth-order valence-corrected chi connectivity index (χ4v) is 1.03. The summed E-state index contributed by atoms with van der Waals surface area (Å²) in [7, 11) is 0. The molecule has 1 heterocycles.